The van der Waals surface area contributed by atoms with Gasteiger partial charge in [-0.15, -0.1) is 6.42 Å². The zero-order valence-corrected chi connectivity index (χ0v) is 36.3. The number of nitrogens with one attached hydrogen (secondary N) is 4. The fourth-order valence-electron chi connectivity index (χ4n) is 6.33. The van der Waals surface area contributed by atoms with Crippen LogP contribution in [0.2, 0.25) is 0 Å². The summed E-state index contributed by atoms with van der Waals surface area (Å²) in [4.78, 5) is 31.3. The highest BCUT2D eigenvalue weighted by molar-refractivity contribution is 7.92. The van der Waals surface area contributed by atoms with Crippen LogP contribution in [0, 0.1) is 12.3 Å². The molecule has 0 fully saturated rings. The SMILES string of the molecule is C#Cc1cc(Cc2cc(Oc3ccc(NC(=O)Nc4cc(C(C)(C)C)cc(NS(C)(=O)=O)c4OC)c4ccccc34)ccn2)cc(C(=O)N[C@@H](C)COCCOCCOC)c1. The molecule has 0 aliphatic rings. The van der Waals surface area contributed by atoms with E-state index in [1.54, 1.807) is 55.8 Å². The number of anilines is 3. The van der Waals surface area contributed by atoms with E-state index in [9.17, 15) is 18.0 Å². The van der Waals surface area contributed by atoms with Crippen molar-refractivity contribution in [3.8, 4) is 29.6 Å². The number of ether oxygens (including phenoxy) is 5. The highest BCUT2D eigenvalue weighted by Crippen LogP contribution is 2.40. The van der Waals surface area contributed by atoms with Crippen LogP contribution in [0.25, 0.3) is 10.8 Å². The van der Waals surface area contributed by atoms with Crippen LogP contribution in [-0.4, -0.2) is 84.9 Å². The Morgan fingerprint density at radius 3 is 2.26 bits per heavy atom. The van der Waals surface area contributed by atoms with Crippen molar-refractivity contribution >= 4 is 49.8 Å². The summed E-state index contributed by atoms with van der Waals surface area (Å²) >= 11 is 0. The normalized spacial score (nSPS) is 12.0. The number of nitrogens with zero attached hydrogens (tertiary/aromatic N) is 1. The third kappa shape index (κ3) is 13.4. The van der Waals surface area contributed by atoms with Gasteiger partial charge in [0, 0.05) is 59.4 Å². The average molecular weight is 852 g/mol. The van der Waals surface area contributed by atoms with E-state index in [1.165, 1.54) is 7.11 Å². The minimum Gasteiger partial charge on any atom is -0.492 e. The van der Waals surface area contributed by atoms with E-state index in [0.717, 1.165) is 22.8 Å². The molecule has 15 heteroatoms. The van der Waals surface area contributed by atoms with Crippen LogP contribution in [0.15, 0.2) is 85.1 Å². The Kier molecular flexibility index (Phi) is 15.7. The number of pyridine rings is 1. The average Bonchev–Trinajstić information content (AvgIpc) is 3.20. The number of hydrogen-bond donors (Lipinski definition) is 4. The number of methoxy groups -OCH3 is 2. The third-order valence-corrected chi connectivity index (χ3v) is 9.80. The van der Waals surface area contributed by atoms with Gasteiger partial charge in [-0.25, -0.2) is 13.2 Å². The summed E-state index contributed by atoms with van der Waals surface area (Å²) in [6.45, 7) is 9.96. The first kappa shape index (κ1) is 45.9. The molecule has 0 unspecified atom stereocenters. The van der Waals surface area contributed by atoms with E-state index < -0.39 is 16.1 Å². The van der Waals surface area contributed by atoms with Gasteiger partial charge in [0.05, 0.1) is 63.5 Å². The van der Waals surface area contributed by atoms with Crippen LogP contribution in [0.3, 0.4) is 0 Å². The number of carbonyl (C=O) groups excluding carboxylic acids is 2. The number of amides is 3. The zero-order valence-electron chi connectivity index (χ0n) is 35.5. The van der Waals surface area contributed by atoms with Gasteiger partial charge in [0.1, 0.15) is 11.5 Å². The smallest absolute Gasteiger partial charge is 0.323 e. The summed E-state index contributed by atoms with van der Waals surface area (Å²) in [6, 6.07) is 22.5. The highest BCUT2D eigenvalue weighted by atomic mass is 32.2. The fraction of sp³-hybridized carbons (Fsp3) is 0.326. The molecule has 1 atom stereocenters. The van der Waals surface area contributed by atoms with Crippen molar-refractivity contribution in [2.45, 2.75) is 45.6 Å². The summed E-state index contributed by atoms with van der Waals surface area (Å²) < 4.78 is 54.8. The molecule has 0 aliphatic heterocycles. The van der Waals surface area contributed by atoms with Crippen molar-refractivity contribution < 1.29 is 41.7 Å². The molecular formula is C46H53N5O9S. The lowest BCUT2D eigenvalue weighted by Gasteiger charge is -2.24. The van der Waals surface area contributed by atoms with Gasteiger partial charge in [0.2, 0.25) is 10.0 Å². The molecule has 0 saturated carbocycles. The van der Waals surface area contributed by atoms with Crippen molar-refractivity contribution in [3.05, 3.63) is 113 Å². The predicted octanol–water partition coefficient (Wildman–Crippen LogP) is 7.72. The molecule has 1 heterocycles. The molecule has 14 nitrogen and oxygen atoms in total. The summed E-state index contributed by atoms with van der Waals surface area (Å²) in [5.41, 5.74) is 3.87. The van der Waals surface area contributed by atoms with Crippen molar-refractivity contribution in [2.75, 3.05) is 68.9 Å². The Labute approximate surface area is 357 Å². The number of benzene rings is 4. The van der Waals surface area contributed by atoms with Crippen molar-refractivity contribution in [2.24, 2.45) is 0 Å². The second-order valence-electron chi connectivity index (χ2n) is 15.3. The van der Waals surface area contributed by atoms with Crippen molar-refractivity contribution in [3.63, 3.8) is 0 Å². The molecular weight excluding hydrogens is 799 g/mol. The number of fused-ring (bicyclic) bond motifs is 1. The van der Waals surface area contributed by atoms with Crippen LogP contribution in [-0.2, 0) is 36.1 Å². The number of terminal acetylenes is 1. The lowest BCUT2D eigenvalue weighted by atomic mass is 9.86. The van der Waals surface area contributed by atoms with Crippen molar-refractivity contribution in [1.82, 2.24) is 10.3 Å². The molecule has 0 aliphatic carbocycles. The Balaban J connectivity index is 1.29. The molecule has 1 aromatic heterocycles. The summed E-state index contributed by atoms with van der Waals surface area (Å²) in [5, 5.41) is 10.2. The quantitative estimate of drug-likeness (QED) is 0.0476. The maximum atomic E-state index is 13.5. The zero-order chi connectivity index (χ0) is 44.2. The van der Waals surface area contributed by atoms with Gasteiger partial charge in [-0.2, -0.15) is 0 Å². The van der Waals surface area contributed by atoms with Crippen molar-refractivity contribution in [1.29, 1.82) is 0 Å². The predicted molar refractivity (Wildman–Crippen MR) is 239 cm³/mol. The maximum Gasteiger partial charge on any atom is 0.323 e. The molecule has 322 valence electrons. The number of hydrogen-bond acceptors (Lipinski definition) is 10. The van der Waals surface area contributed by atoms with Gasteiger partial charge in [-0.1, -0.05) is 51.0 Å². The van der Waals surface area contributed by atoms with Crippen LogP contribution in [0.1, 0.15) is 60.4 Å². The van der Waals surface area contributed by atoms with Gasteiger partial charge in [0.25, 0.3) is 5.91 Å². The molecule has 4 N–H and O–H groups in total. The second kappa shape index (κ2) is 20.9. The number of rotatable bonds is 19. The number of aromatic nitrogens is 1. The summed E-state index contributed by atoms with van der Waals surface area (Å²) in [7, 11) is -0.635. The maximum absolute atomic E-state index is 13.5. The standard InChI is InChI=1S/C46H53N5O9S/c1-9-31-22-32(24-33(23-31)44(52)48-30(2)29-59-21-20-58-19-18-56-6)25-35-28-36(16-17-47-35)60-42-15-14-39(37-12-10-11-13-38(37)42)49-45(53)50-40-26-34(46(3,4)5)27-41(43(40)57-7)51-61(8,54)55/h1,10-17,22-24,26-28,30,51H,18-21,25,29H2,2-8H3,(H,48,52)(H2,49,50,53)/t30-/m0/s1. The van der Waals surface area contributed by atoms with Crippen LogP contribution >= 0.6 is 0 Å². The van der Waals surface area contributed by atoms with Crippen LogP contribution in [0.5, 0.6) is 17.2 Å². The minimum absolute atomic E-state index is 0.164. The molecule has 0 spiro atoms. The highest BCUT2D eigenvalue weighted by Gasteiger charge is 2.23. The Hall–Kier alpha value is -6.18. The first-order valence-electron chi connectivity index (χ1n) is 19.6. The van der Waals surface area contributed by atoms with E-state index in [-0.39, 0.29) is 34.5 Å². The molecule has 3 amide bonds. The lowest BCUT2D eigenvalue weighted by Crippen LogP contribution is -2.36. The first-order chi connectivity index (χ1) is 29.1. The minimum atomic E-state index is -3.65. The van der Waals surface area contributed by atoms with E-state index in [1.807, 2.05) is 64.1 Å². The Bertz CT molecular complexity index is 2500. The molecule has 61 heavy (non-hydrogen) atoms. The van der Waals surface area contributed by atoms with Crippen LogP contribution < -0.4 is 30.1 Å². The van der Waals surface area contributed by atoms with E-state index >= 15 is 0 Å². The molecule has 5 aromatic rings. The number of carbonyl (C=O) groups is 2. The van der Waals surface area contributed by atoms with E-state index in [2.05, 4.69) is 31.6 Å². The topological polar surface area (TPSA) is 175 Å². The van der Waals surface area contributed by atoms with Gasteiger partial charge in [0.15, 0.2) is 5.75 Å². The Morgan fingerprint density at radius 2 is 1.56 bits per heavy atom. The summed E-state index contributed by atoms with van der Waals surface area (Å²) in [6.07, 6.45) is 8.85. The van der Waals surface area contributed by atoms with Crippen LogP contribution in [0.4, 0.5) is 21.9 Å². The largest absolute Gasteiger partial charge is 0.492 e. The molecule has 5 rings (SSSR count). The number of sulfonamides is 1. The molecule has 4 aromatic carbocycles. The van der Waals surface area contributed by atoms with E-state index in [0.29, 0.717) is 78.8 Å². The van der Waals surface area contributed by atoms with Gasteiger partial charge >= 0.3 is 6.03 Å². The first-order valence-corrected chi connectivity index (χ1v) is 21.4. The van der Waals surface area contributed by atoms with Gasteiger partial charge < -0.3 is 39.6 Å². The molecule has 0 bridgehead atoms. The monoisotopic (exact) mass is 851 g/mol. The lowest BCUT2D eigenvalue weighted by molar-refractivity contribution is 0.0205. The second-order valence-corrected chi connectivity index (χ2v) is 17.1. The molecule has 0 radical (unpaired) electrons. The Morgan fingerprint density at radius 1 is 0.852 bits per heavy atom. The number of urea groups is 1. The third-order valence-electron chi connectivity index (χ3n) is 9.21. The van der Waals surface area contributed by atoms with E-state index in [4.69, 9.17) is 30.1 Å². The fourth-order valence-corrected chi connectivity index (χ4v) is 6.88. The van der Waals surface area contributed by atoms with Gasteiger partial charge in [-0.05, 0) is 72.0 Å². The summed E-state index contributed by atoms with van der Waals surface area (Å²) in [5.74, 6) is 3.61. The van der Waals surface area contributed by atoms with Gasteiger partial charge in [-0.3, -0.25) is 14.5 Å². The molecule has 0 saturated heterocycles.